The lowest BCUT2D eigenvalue weighted by Gasteiger charge is -2.32. The summed E-state index contributed by atoms with van der Waals surface area (Å²) in [5.74, 6) is 0.0348. The van der Waals surface area contributed by atoms with Gasteiger partial charge in [0.1, 0.15) is 0 Å². The van der Waals surface area contributed by atoms with Gasteiger partial charge in [0, 0.05) is 24.3 Å². The SMILES string of the molecule is Cc1ccc(-c2ccc(N3CCCC(C(=O)Nc4cccc(C(F)(F)F)c4)C3)nn2)cc1. The highest BCUT2D eigenvalue weighted by molar-refractivity contribution is 5.93. The second-order valence-electron chi connectivity index (χ2n) is 8.00. The molecule has 1 atom stereocenters. The van der Waals surface area contributed by atoms with Crippen LogP contribution in [0.25, 0.3) is 11.3 Å². The minimum Gasteiger partial charge on any atom is -0.354 e. The van der Waals surface area contributed by atoms with Crippen molar-refractivity contribution in [3.05, 3.63) is 71.8 Å². The molecule has 1 N–H and O–H groups in total. The van der Waals surface area contributed by atoms with Crippen molar-refractivity contribution < 1.29 is 18.0 Å². The number of rotatable bonds is 4. The molecule has 0 radical (unpaired) electrons. The maximum atomic E-state index is 12.9. The summed E-state index contributed by atoms with van der Waals surface area (Å²) in [6, 6.07) is 16.5. The number of anilines is 2. The molecule has 2 aromatic carbocycles. The molecule has 1 amide bonds. The van der Waals surface area contributed by atoms with E-state index in [0.717, 1.165) is 36.4 Å². The van der Waals surface area contributed by atoms with Crippen LogP contribution in [-0.2, 0) is 11.0 Å². The van der Waals surface area contributed by atoms with E-state index < -0.39 is 11.7 Å². The number of aromatic nitrogens is 2. The summed E-state index contributed by atoms with van der Waals surface area (Å²) in [6.07, 6.45) is -3.01. The number of alkyl halides is 3. The molecule has 1 saturated heterocycles. The van der Waals surface area contributed by atoms with Crippen molar-refractivity contribution >= 4 is 17.4 Å². The van der Waals surface area contributed by atoms with Crippen LogP contribution in [0.4, 0.5) is 24.7 Å². The van der Waals surface area contributed by atoms with Gasteiger partial charge in [-0.1, -0.05) is 35.9 Å². The fourth-order valence-corrected chi connectivity index (χ4v) is 3.79. The number of nitrogens with zero attached hydrogens (tertiary/aromatic N) is 3. The molecule has 4 rings (SSSR count). The lowest BCUT2D eigenvalue weighted by Crippen LogP contribution is -2.41. The Labute approximate surface area is 184 Å². The average Bonchev–Trinajstić information content (AvgIpc) is 2.79. The number of hydrogen-bond acceptors (Lipinski definition) is 4. The molecular weight excluding hydrogens is 417 g/mol. The van der Waals surface area contributed by atoms with E-state index in [4.69, 9.17) is 0 Å². The molecule has 1 fully saturated rings. The smallest absolute Gasteiger partial charge is 0.354 e. The Morgan fingerprint density at radius 2 is 1.84 bits per heavy atom. The van der Waals surface area contributed by atoms with Crippen LogP contribution in [-0.4, -0.2) is 29.2 Å². The molecule has 0 spiro atoms. The van der Waals surface area contributed by atoms with Crippen molar-refractivity contribution in [1.29, 1.82) is 0 Å². The molecule has 0 aliphatic carbocycles. The van der Waals surface area contributed by atoms with Gasteiger partial charge in [0.2, 0.25) is 5.91 Å². The van der Waals surface area contributed by atoms with E-state index in [0.29, 0.717) is 18.8 Å². The Morgan fingerprint density at radius 3 is 2.53 bits per heavy atom. The topological polar surface area (TPSA) is 58.1 Å². The number of carbonyl (C=O) groups excluding carboxylic acids is 1. The summed E-state index contributed by atoms with van der Waals surface area (Å²) in [6.45, 7) is 3.20. The number of piperidine rings is 1. The number of hydrogen-bond donors (Lipinski definition) is 1. The first-order chi connectivity index (χ1) is 15.3. The van der Waals surface area contributed by atoms with Crippen LogP contribution >= 0.6 is 0 Å². The molecule has 5 nitrogen and oxygen atoms in total. The lowest BCUT2D eigenvalue weighted by atomic mass is 9.97. The number of nitrogens with one attached hydrogen (secondary N) is 1. The van der Waals surface area contributed by atoms with E-state index in [1.54, 1.807) is 0 Å². The molecule has 1 unspecified atom stereocenters. The molecular formula is C24H23F3N4O. The van der Waals surface area contributed by atoms with Gasteiger partial charge in [0.15, 0.2) is 5.82 Å². The van der Waals surface area contributed by atoms with Crippen LogP contribution in [0.15, 0.2) is 60.7 Å². The molecule has 1 aromatic heterocycles. The molecule has 2 heterocycles. The summed E-state index contributed by atoms with van der Waals surface area (Å²) >= 11 is 0. The largest absolute Gasteiger partial charge is 0.416 e. The van der Waals surface area contributed by atoms with Gasteiger partial charge in [0.25, 0.3) is 0 Å². The van der Waals surface area contributed by atoms with Gasteiger partial charge in [0.05, 0.1) is 17.2 Å². The van der Waals surface area contributed by atoms with E-state index in [1.807, 2.05) is 48.2 Å². The average molecular weight is 440 g/mol. The molecule has 3 aromatic rings. The Morgan fingerprint density at radius 1 is 1.06 bits per heavy atom. The normalized spacial score (nSPS) is 16.6. The monoisotopic (exact) mass is 440 g/mol. The number of aryl methyl sites for hydroxylation is 1. The first-order valence-electron chi connectivity index (χ1n) is 10.4. The van der Waals surface area contributed by atoms with Crippen LogP contribution in [0, 0.1) is 12.8 Å². The summed E-state index contributed by atoms with van der Waals surface area (Å²) in [4.78, 5) is 14.7. The molecule has 1 aliphatic heterocycles. The number of amides is 1. The van der Waals surface area contributed by atoms with Crippen LogP contribution in [0.5, 0.6) is 0 Å². The summed E-state index contributed by atoms with van der Waals surface area (Å²) in [5.41, 5.74) is 2.27. The quantitative estimate of drug-likeness (QED) is 0.596. The third-order valence-electron chi connectivity index (χ3n) is 5.57. The van der Waals surface area contributed by atoms with Crippen LogP contribution in [0.3, 0.4) is 0 Å². The summed E-state index contributed by atoms with van der Waals surface area (Å²) in [5, 5.41) is 11.3. The van der Waals surface area contributed by atoms with Crippen molar-refractivity contribution in [3.63, 3.8) is 0 Å². The second-order valence-corrected chi connectivity index (χ2v) is 8.00. The van der Waals surface area contributed by atoms with E-state index >= 15 is 0 Å². The third kappa shape index (κ3) is 5.07. The molecule has 166 valence electrons. The van der Waals surface area contributed by atoms with E-state index in [2.05, 4.69) is 15.5 Å². The fraction of sp³-hybridized carbons (Fsp3) is 0.292. The van der Waals surface area contributed by atoms with Crippen LogP contribution < -0.4 is 10.2 Å². The zero-order valence-corrected chi connectivity index (χ0v) is 17.6. The van der Waals surface area contributed by atoms with Gasteiger partial charge in [-0.05, 0) is 50.1 Å². The highest BCUT2D eigenvalue weighted by Gasteiger charge is 2.31. The Hall–Kier alpha value is -3.42. The number of benzene rings is 2. The molecule has 0 bridgehead atoms. The zero-order valence-electron chi connectivity index (χ0n) is 17.6. The highest BCUT2D eigenvalue weighted by Crippen LogP contribution is 2.31. The van der Waals surface area contributed by atoms with E-state index in [-0.39, 0.29) is 17.5 Å². The lowest BCUT2D eigenvalue weighted by molar-refractivity contribution is -0.137. The van der Waals surface area contributed by atoms with Gasteiger partial charge >= 0.3 is 6.18 Å². The van der Waals surface area contributed by atoms with Gasteiger partial charge in [-0.3, -0.25) is 4.79 Å². The standard InChI is InChI=1S/C24H23F3N4O/c1-16-7-9-17(10-8-16)21-11-12-22(30-29-21)31-13-3-4-18(15-31)23(32)28-20-6-2-5-19(14-20)24(25,26)27/h2,5-12,14,18H,3-4,13,15H2,1H3,(H,28,32). The van der Waals surface area contributed by atoms with Crippen molar-refractivity contribution in [1.82, 2.24) is 10.2 Å². The summed E-state index contributed by atoms with van der Waals surface area (Å²) in [7, 11) is 0. The maximum absolute atomic E-state index is 12.9. The number of carbonyl (C=O) groups is 1. The Balaban J connectivity index is 1.42. The minimum absolute atomic E-state index is 0.143. The summed E-state index contributed by atoms with van der Waals surface area (Å²) < 4.78 is 38.8. The molecule has 0 saturated carbocycles. The van der Waals surface area contributed by atoms with Crippen LogP contribution in [0.1, 0.15) is 24.0 Å². The van der Waals surface area contributed by atoms with Crippen LogP contribution in [0.2, 0.25) is 0 Å². The molecule has 32 heavy (non-hydrogen) atoms. The number of halogens is 3. The Kier molecular flexibility index (Phi) is 6.12. The van der Waals surface area contributed by atoms with Crippen molar-refractivity contribution in [3.8, 4) is 11.3 Å². The zero-order chi connectivity index (χ0) is 22.7. The fourth-order valence-electron chi connectivity index (χ4n) is 3.79. The first kappa shape index (κ1) is 21.8. The molecule has 8 heteroatoms. The van der Waals surface area contributed by atoms with Crippen molar-refractivity contribution in [2.45, 2.75) is 25.9 Å². The van der Waals surface area contributed by atoms with Crippen molar-refractivity contribution in [2.75, 3.05) is 23.3 Å². The van der Waals surface area contributed by atoms with E-state index in [1.165, 1.54) is 17.7 Å². The predicted octanol–water partition coefficient (Wildman–Crippen LogP) is 5.33. The van der Waals surface area contributed by atoms with Crippen molar-refractivity contribution in [2.24, 2.45) is 5.92 Å². The Bertz CT molecular complexity index is 1080. The van der Waals surface area contributed by atoms with E-state index in [9.17, 15) is 18.0 Å². The first-order valence-corrected chi connectivity index (χ1v) is 10.4. The minimum atomic E-state index is -4.45. The van der Waals surface area contributed by atoms with Gasteiger partial charge in [-0.25, -0.2) is 0 Å². The predicted molar refractivity (Wildman–Crippen MR) is 117 cm³/mol. The second kappa shape index (κ2) is 8.98. The molecule has 1 aliphatic rings. The highest BCUT2D eigenvalue weighted by atomic mass is 19.4. The third-order valence-corrected chi connectivity index (χ3v) is 5.57. The van der Waals surface area contributed by atoms with Gasteiger partial charge in [-0.15, -0.1) is 10.2 Å². The van der Waals surface area contributed by atoms with Gasteiger partial charge in [-0.2, -0.15) is 13.2 Å². The van der Waals surface area contributed by atoms with Gasteiger partial charge < -0.3 is 10.2 Å². The maximum Gasteiger partial charge on any atom is 0.416 e.